The van der Waals surface area contributed by atoms with E-state index in [1.807, 2.05) is 73.1 Å². The molecule has 9 nitrogen and oxygen atoms in total. The molecule has 0 aliphatic heterocycles. The van der Waals surface area contributed by atoms with Gasteiger partial charge in [-0.3, -0.25) is 19.0 Å². The van der Waals surface area contributed by atoms with Crippen LogP contribution < -0.4 is 10.1 Å². The number of nitrogens with zero attached hydrogens (tertiary/aromatic N) is 4. The fourth-order valence-electron chi connectivity index (χ4n) is 3.42. The molecule has 4 aromatic rings. The predicted octanol–water partition coefficient (Wildman–Crippen LogP) is 3.87. The van der Waals surface area contributed by atoms with Gasteiger partial charge in [0.05, 0.1) is 23.6 Å². The molecule has 2 heterocycles. The molecule has 0 spiro atoms. The fourth-order valence-corrected chi connectivity index (χ4v) is 3.42. The van der Waals surface area contributed by atoms with Crippen molar-refractivity contribution >= 4 is 17.6 Å². The summed E-state index contributed by atoms with van der Waals surface area (Å²) in [5.74, 6) is 0.0293. The van der Waals surface area contributed by atoms with E-state index in [-0.39, 0.29) is 12.2 Å². The summed E-state index contributed by atoms with van der Waals surface area (Å²) in [6.07, 6.45) is 1.46. The van der Waals surface area contributed by atoms with Crippen molar-refractivity contribution in [1.82, 2.24) is 19.6 Å². The number of anilines is 1. The molecule has 168 valence electrons. The van der Waals surface area contributed by atoms with Crippen LogP contribution in [0.1, 0.15) is 27.4 Å². The van der Waals surface area contributed by atoms with Gasteiger partial charge in [0.15, 0.2) is 5.69 Å². The van der Waals surface area contributed by atoms with Crippen LogP contribution in [0.15, 0.2) is 66.9 Å². The Morgan fingerprint density at radius 1 is 1.00 bits per heavy atom. The molecule has 0 saturated carbocycles. The van der Waals surface area contributed by atoms with Gasteiger partial charge in [-0.2, -0.15) is 10.2 Å². The van der Waals surface area contributed by atoms with Gasteiger partial charge in [0.25, 0.3) is 5.91 Å². The normalized spacial score (nSPS) is 10.7. The molecule has 0 bridgehead atoms. The Hall–Kier alpha value is -4.40. The Bertz CT molecular complexity index is 1290. The number of hydrogen-bond acceptors (Lipinski definition) is 5. The number of benzene rings is 2. The number of carboxylic acids is 1. The second-order valence-corrected chi connectivity index (χ2v) is 7.51. The number of amides is 1. The van der Waals surface area contributed by atoms with E-state index in [4.69, 9.17) is 9.84 Å². The van der Waals surface area contributed by atoms with Crippen LogP contribution in [-0.2, 0) is 17.9 Å². The average molecular weight is 445 g/mol. The van der Waals surface area contributed by atoms with Gasteiger partial charge in [0.1, 0.15) is 18.0 Å². The number of carbonyl (C=O) groups excluding carboxylic acids is 1. The van der Waals surface area contributed by atoms with Crippen LogP contribution in [0.2, 0.25) is 0 Å². The minimum Gasteiger partial charge on any atom is -0.480 e. The summed E-state index contributed by atoms with van der Waals surface area (Å²) < 4.78 is 8.93. The van der Waals surface area contributed by atoms with Crippen LogP contribution in [0.3, 0.4) is 0 Å². The van der Waals surface area contributed by atoms with Crippen molar-refractivity contribution in [3.8, 4) is 11.5 Å². The third-order valence-electron chi connectivity index (χ3n) is 5.00. The number of hydrogen-bond donors (Lipinski definition) is 2. The van der Waals surface area contributed by atoms with Crippen LogP contribution in [0.25, 0.3) is 0 Å². The summed E-state index contributed by atoms with van der Waals surface area (Å²) >= 11 is 0. The van der Waals surface area contributed by atoms with Gasteiger partial charge in [-0.15, -0.1) is 0 Å². The van der Waals surface area contributed by atoms with Gasteiger partial charge >= 0.3 is 5.97 Å². The summed E-state index contributed by atoms with van der Waals surface area (Å²) in [5.41, 5.74) is 3.19. The van der Waals surface area contributed by atoms with Gasteiger partial charge < -0.3 is 15.2 Å². The van der Waals surface area contributed by atoms with Crippen molar-refractivity contribution in [2.45, 2.75) is 26.9 Å². The second-order valence-electron chi connectivity index (χ2n) is 7.51. The van der Waals surface area contributed by atoms with Crippen LogP contribution in [0, 0.1) is 13.8 Å². The molecule has 2 N–H and O–H groups in total. The van der Waals surface area contributed by atoms with Crippen molar-refractivity contribution in [2.24, 2.45) is 0 Å². The third kappa shape index (κ3) is 5.27. The zero-order valence-electron chi connectivity index (χ0n) is 18.2. The molecule has 0 atom stereocenters. The first-order chi connectivity index (χ1) is 15.9. The summed E-state index contributed by atoms with van der Waals surface area (Å²) in [5, 5.41) is 20.3. The van der Waals surface area contributed by atoms with E-state index in [0.717, 1.165) is 22.8 Å². The standard InChI is InChI=1S/C24H23N5O4/c1-16-23(25-24(32)21-11-12-28(27-21)15-22(30)31)17(2)29(26-16)14-18-7-6-10-20(13-18)33-19-8-4-3-5-9-19/h3-13H,14-15H2,1-2H3,(H,25,32)(H,30,31). The van der Waals surface area contributed by atoms with E-state index in [1.165, 1.54) is 16.9 Å². The predicted molar refractivity (Wildman–Crippen MR) is 122 cm³/mol. The van der Waals surface area contributed by atoms with Crippen LogP contribution >= 0.6 is 0 Å². The molecular weight excluding hydrogens is 422 g/mol. The largest absolute Gasteiger partial charge is 0.480 e. The first-order valence-electron chi connectivity index (χ1n) is 10.3. The van der Waals surface area contributed by atoms with Crippen molar-refractivity contribution in [2.75, 3.05) is 5.32 Å². The van der Waals surface area contributed by atoms with Crippen molar-refractivity contribution in [1.29, 1.82) is 0 Å². The second kappa shape index (κ2) is 9.39. The smallest absolute Gasteiger partial charge is 0.325 e. The Kier molecular flexibility index (Phi) is 6.21. The molecule has 0 radical (unpaired) electrons. The third-order valence-corrected chi connectivity index (χ3v) is 5.00. The number of carboxylic acid groups (broad SMARTS) is 1. The zero-order valence-corrected chi connectivity index (χ0v) is 18.2. The molecule has 0 saturated heterocycles. The number of aromatic nitrogens is 4. The number of carbonyl (C=O) groups is 2. The minimum atomic E-state index is -1.03. The number of ether oxygens (including phenoxy) is 1. The highest BCUT2D eigenvalue weighted by Crippen LogP contribution is 2.24. The lowest BCUT2D eigenvalue weighted by atomic mass is 10.2. The van der Waals surface area contributed by atoms with E-state index in [9.17, 15) is 9.59 Å². The summed E-state index contributed by atoms with van der Waals surface area (Å²) in [6.45, 7) is 3.89. The summed E-state index contributed by atoms with van der Waals surface area (Å²) in [4.78, 5) is 23.4. The summed E-state index contributed by atoms with van der Waals surface area (Å²) in [7, 11) is 0. The maximum Gasteiger partial charge on any atom is 0.325 e. The van der Waals surface area contributed by atoms with Crippen LogP contribution in [-0.4, -0.2) is 36.5 Å². The molecule has 2 aromatic carbocycles. The molecule has 2 aromatic heterocycles. The number of rotatable bonds is 8. The highest BCUT2D eigenvalue weighted by Gasteiger charge is 2.17. The maximum absolute atomic E-state index is 12.6. The molecule has 0 fully saturated rings. The Labute approximate surface area is 190 Å². The highest BCUT2D eigenvalue weighted by atomic mass is 16.5. The number of aryl methyl sites for hydroxylation is 1. The van der Waals surface area contributed by atoms with Gasteiger partial charge in [-0.25, -0.2) is 0 Å². The minimum absolute atomic E-state index is 0.133. The molecular formula is C24H23N5O4. The Morgan fingerprint density at radius 3 is 2.52 bits per heavy atom. The van der Waals surface area contributed by atoms with Crippen molar-refractivity contribution in [3.63, 3.8) is 0 Å². The zero-order chi connectivity index (χ0) is 23.4. The van der Waals surface area contributed by atoms with Crippen molar-refractivity contribution < 1.29 is 19.4 Å². The van der Waals surface area contributed by atoms with Crippen molar-refractivity contribution in [3.05, 3.63) is 89.5 Å². The molecule has 0 unspecified atom stereocenters. The first-order valence-corrected chi connectivity index (χ1v) is 10.3. The van der Waals surface area contributed by atoms with Gasteiger partial charge in [0, 0.05) is 6.20 Å². The van der Waals surface area contributed by atoms with Gasteiger partial charge in [0.2, 0.25) is 0 Å². The lowest BCUT2D eigenvalue weighted by Gasteiger charge is -2.09. The van der Waals surface area contributed by atoms with E-state index >= 15 is 0 Å². The SMILES string of the molecule is Cc1nn(Cc2cccc(Oc3ccccc3)c2)c(C)c1NC(=O)c1ccn(CC(=O)O)n1. The van der Waals surface area contributed by atoms with E-state index in [0.29, 0.717) is 17.9 Å². The quantitative estimate of drug-likeness (QED) is 0.426. The lowest BCUT2D eigenvalue weighted by Crippen LogP contribution is -2.16. The maximum atomic E-state index is 12.6. The van der Waals surface area contributed by atoms with E-state index in [1.54, 1.807) is 0 Å². The number of aliphatic carboxylic acids is 1. The number of para-hydroxylation sites is 1. The molecule has 33 heavy (non-hydrogen) atoms. The Balaban J connectivity index is 1.47. The van der Waals surface area contributed by atoms with Crippen LogP contribution in [0.4, 0.5) is 5.69 Å². The van der Waals surface area contributed by atoms with Crippen LogP contribution in [0.5, 0.6) is 11.5 Å². The molecule has 4 rings (SSSR count). The average Bonchev–Trinajstić information content (AvgIpc) is 3.34. The van der Waals surface area contributed by atoms with Gasteiger partial charge in [-0.05, 0) is 49.7 Å². The topological polar surface area (TPSA) is 111 Å². The lowest BCUT2D eigenvalue weighted by molar-refractivity contribution is -0.137. The van der Waals surface area contributed by atoms with Gasteiger partial charge in [-0.1, -0.05) is 30.3 Å². The first kappa shape index (κ1) is 21.8. The number of nitrogens with one attached hydrogen (secondary N) is 1. The molecule has 0 aliphatic rings. The highest BCUT2D eigenvalue weighted by molar-refractivity contribution is 6.03. The summed E-state index contributed by atoms with van der Waals surface area (Å²) in [6, 6.07) is 18.8. The molecule has 0 aliphatic carbocycles. The van der Waals surface area contributed by atoms with E-state index < -0.39 is 11.9 Å². The van der Waals surface area contributed by atoms with E-state index in [2.05, 4.69) is 15.5 Å². The molecule has 9 heteroatoms. The monoisotopic (exact) mass is 445 g/mol. The molecule has 1 amide bonds. The fraction of sp³-hybridized carbons (Fsp3) is 0.167. The Morgan fingerprint density at radius 2 is 1.76 bits per heavy atom.